The van der Waals surface area contributed by atoms with Gasteiger partial charge in [-0.3, -0.25) is 0 Å². The van der Waals surface area contributed by atoms with Crippen molar-refractivity contribution in [2.75, 3.05) is 18.0 Å². The van der Waals surface area contributed by atoms with Crippen LogP contribution in [0.2, 0.25) is 0 Å². The van der Waals surface area contributed by atoms with E-state index in [1.807, 2.05) is 0 Å². The average Bonchev–Trinajstić information content (AvgIpc) is 2.69. The van der Waals surface area contributed by atoms with E-state index >= 15 is 0 Å². The van der Waals surface area contributed by atoms with Gasteiger partial charge in [-0.05, 0) is 30.9 Å². The van der Waals surface area contributed by atoms with Gasteiger partial charge in [-0.15, -0.1) is 0 Å². The van der Waals surface area contributed by atoms with Gasteiger partial charge in [-0.25, -0.2) is 4.98 Å². The number of fused-ring (bicyclic) bond motifs is 1. The van der Waals surface area contributed by atoms with E-state index in [-0.39, 0.29) is 0 Å². The van der Waals surface area contributed by atoms with Gasteiger partial charge in [0.2, 0.25) is 5.95 Å². The SMILES string of the molecule is CC1CCN(c2nc3ccccc3n2C)CC1. The molecule has 0 saturated carbocycles. The van der Waals surface area contributed by atoms with Crippen LogP contribution in [0, 0.1) is 5.92 Å². The van der Waals surface area contributed by atoms with Crippen molar-refractivity contribution in [1.82, 2.24) is 9.55 Å². The lowest BCUT2D eigenvalue weighted by molar-refractivity contribution is 0.433. The van der Waals surface area contributed by atoms with E-state index < -0.39 is 0 Å². The number of aryl methyl sites for hydroxylation is 1. The number of benzene rings is 1. The molecule has 3 nitrogen and oxygen atoms in total. The number of nitrogens with zero attached hydrogens (tertiary/aromatic N) is 3. The third-order valence-corrected chi connectivity index (χ3v) is 3.83. The van der Waals surface area contributed by atoms with Crippen LogP contribution in [-0.2, 0) is 7.05 Å². The van der Waals surface area contributed by atoms with Crippen molar-refractivity contribution in [2.24, 2.45) is 13.0 Å². The molecule has 90 valence electrons. The number of para-hydroxylation sites is 2. The van der Waals surface area contributed by atoms with Crippen molar-refractivity contribution in [3.8, 4) is 0 Å². The van der Waals surface area contributed by atoms with Gasteiger partial charge in [-0.2, -0.15) is 0 Å². The topological polar surface area (TPSA) is 21.1 Å². The predicted octanol–water partition coefficient (Wildman–Crippen LogP) is 2.81. The summed E-state index contributed by atoms with van der Waals surface area (Å²) in [5.74, 6) is 1.99. The molecule has 1 aliphatic rings. The Morgan fingerprint density at radius 1 is 1.18 bits per heavy atom. The van der Waals surface area contributed by atoms with Crippen LogP contribution in [0.15, 0.2) is 24.3 Å². The monoisotopic (exact) mass is 229 g/mol. The fourth-order valence-corrected chi connectivity index (χ4v) is 2.62. The van der Waals surface area contributed by atoms with Crippen LogP contribution in [0.3, 0.4) is 0 Å². The molecule has 0 unspecified atom stereocenters. The molecular formula is C14H19N3. The van der Waals surface area contributed by atoms with E-state index in [1.165, 1.54) is 18.4 Å². The molecule has 3 rings (SSSR count). The summed E-state index contributed by atoms with van der Waals surface area (Å²) in [6, 6.07) is 8.35. The number of hydrogen-bond donors (Lipinski definition) is 0. The van der Waals surface area contributed by atoms with E-state index in [4.69, 9.17) is 4.98 Å². The normalized spacial score (nSPS) is 17.9. The standard InChI is InChI=1S/C14H19N3/c1-11-7-9-17(10-8-11)14-15-12-5-3-4-6-13(12)16(14)2/h3-6,11H,7-10H2,1-2H3. The second-order valence-electron chi connectivity index (χ2n) is 5.13. The summed E-state index contributed by atoms with van der Waals surface area (Å²) in [7, 11) is 2.11. The lowest BCUT2D eigenvalue weighted by Gasteiger charge is -2.30. The highest BCUT2D eigenvalue weighted by Gasteiger charge is 2.20. The summed E-state index contributed by atoms with van der Waals surface area (Å²) in [6.45, 7) is 4.61. The Hall–Kier alpha value is -1.51. The van der Waals surface area contributed by atoms with Crippen molar-refractivity contribution < 1.29 is 0 Å². The smallest absolute Gasteiger partial charge is 0.206 e. The van der Waals surface area contributed by atoms with E-state index in [0.717, 1.165) is 30.5 Å². The van der Waals surface area contributed by atoms with Gasteiger partial charge in [0.15, 0.2) is 0 Å². The van der Waals surface area contributed by atoms with E-state index in [9.17, 15) is 0 Å². The van der Waals surface area contributed by atoms with Gasteiger partial charge in [0.05, 0.1) is 11.0 Å². The number of piperidine rings is 1. The van der Waals surface area contributed by atoms with Crippen LogP contribution >= 0.6 is 0 Å². The largest absolute Gasteiger partial charge is 0.342 e. The molecule has 0 N–H and O–H groups in total. The Kier molecular flexibility index (Phi) is 2.54. The molecule has 1 saturated heterocycles. The Morgan fingerprint density at radius 2 is 1.88 bits per heavy atom. The van der Waals surface area contributed by atoms with Gasteiger partial charge in [0.25, 0.3) is 0 Å². The quantitative estimate of drug-likeness (QED) is 0.749. The van der Waals surface area contributed by atoms with Crippen molar-refractivity contribution in [3.63, 3.8) is 0 Å². The summed E-state index contributed by atoms with van der Waals surface area (Å²) in [6.07, 6.45) is 2.56. The summed E-state index contributed by atoms with van der Waals surface area (Å²) in [4.78, 5) is 7.17. The molecule has 2 aromatic rings. The molecule has 0 atom stereocenters. The fraction of sp³-hybridized carbons (Fsp3) is 0.500. The summed E-state index contributed by atoms with van der Waals surface area (Å²) in [5.41, 5.74) is 2.32. The highest BCUT2D eigenvalue weighted by Crippen LogP contribution is 2.25. The first-order valence-corrected chi connectivity index (χ1v) is 6.42. The van der Waals surface area contributed by atoms with Crippen LogP contribution in [0.4, 0.5) is 5.95 Å². The van der Waals surface area contributed by atoms with Gasteiger partial charge < -0.3 is 9.47 Å². The molecule has 0 spiro atoms. The van der Waals surface area contributed by atoms with Crippen LogP contribution in [-0.4, -0.2) is 22.6 Å². The third kappa shape index (κ3) is 1.79. The first-order chi connectivity index (χ1) is 8.25. The maximum atomic E-state index is 4.75. The van der Waals surface area contributed by atoms with Gasteiger partial charge in [-0.1, -0.05) is 19.1 Å². The second kappa shape index (κ2) is 4.06. The number of anilines is 1. The molecule has 1 aromatic carbocycles. The third-order valence-electron chi connectivity index (χ3n) is 3.83. The van der Waals surface area contributed by atoms with E-state index in [1.54, 1.807) is 0 Å². The molecule has 0 aliphatic carbocycles. The fourth-order valence-electron chi connectivity index (χ4n) is 2.62. The van der Waals surface area contributed by atoms with Gasteiger partial charge in [0.1, 0.15) is 0 Å². The molecule has 0 bridgehead atoms. The van der Waals surface area contributed by atoms with Crippen LogP contribution < -0.4 is 4.90 Å². The highest BCUT2D eigenvalue weighted by molar-refractivity contribution is 5.78. The van der Waals surface area contributed by atoms with Crippen molar-refractivity contribution >= 4 is 17.0 Å². The minimum absolute atomic E-state index is 0.862. The maximum absolute atomic E-state index is 4.75. The summed E-state index contributed by atoms with van der Waals surface area (Å²) < 4.78 is 2.21. The molecule has 1 aliphatic heterocycles. The summed E-state index contributed by atoms with van der Waals surface area (Å²) >= 11 is 0. The zero-order valence-corrected chi connectivity index (χ0v) is 10.6. The Morgan fingerprint density at radius 3 is 2.59 bits per heavy atom. The summed E-state index contributed by atoms with van der Waals surface area (Å²) in [5, 5.41) is 0. The van der Waals surface area contributed by atoms with Crippen LogP contribution in [0.25, 0.3) is 11.0 Å². The minimum atomic E-state index is 0.862. The molecule has 2 heterocycles. The van der Waals surface area contributed by atoms with Gasteiger partial charge in [0, 0.05) is 20.1 Å². The lowest BCUT2D eigenvalue weighted by atomic mass is 10.00. The number of rotatable bonds is 1. The van der Waals surface area contributed by atoms with E-state index in [0.29, 0.717) is 0 Å². The Bertz CT molecular complexity index is 521. The predicted molar refractivity (Wildman–Crippen MR) is 71.3 cm³/mol. The zero-order chi connectivity index (χ0) is 11.8. The second-order valence-corrected chi connectivity index (χ2v) is 5.13. The molecule has 1 fully saturated rings. The molecule has 3 heteroatoms. The minimum Gasteiger partial charge on any atom is -0.342 e. The van der Waals surface area contributed by atoms with Crippen LogP contribution in [0.1, 0.15) is 19.8 Å². The molecule has 17 heavy (non-hydrogen) atoms. The molecule has 0 amide bonds. The van der Waals surface area contributed by atoms with Crippen molar-refractivity contribution in [3.05, 3.63) is 24.3 Å². The van der Waals surface area contributed by atoms with E-state index in [2.05, 4.69) is 47.7 Å². The molecule has 0 radical (unpaired) electrons. The number of imidazole rings is 1. The lowest BCUT2D eigenvalue weighted by Crippen LogP contribution is -2.34. The average molecular weight is 229 g/mol. The van der Waals surface area contributed by atoms with Crippen molar-refractivity contribution in [2.45, 2.75) is 19.8 Å². The highest BCUT2D eigenvalue weighted by atomic mass is 15.3. The van der Waals surface area contributed by atoms with Crippen LogP contribution in [0.5, 0.6) is 0 Å². The van der Waals surface area contributed by atoms with Gasteiger partial charge >= 0.3 is 0 Å². The number of hydrogen-bond acceptors (Lipinski definition) is 2. The Balaban J connectivity index is 1.97. The first-order valence-electron chi connectivity index (χ1n) is 6.42. The Labute approximate surface area is 102 Å². The van der Waals surface area contributed by atoms with Crippen molar-refractivity contribution in [1.29, 1.82) is 0 Å². The molecular weight excluding hydrogens is 210 g/mol. The zero-order valence-electron chi connectivity index (χ0n) is 10.6. The molecule has 1 aromatic heterocycles. The number of aromatic nitrogens is 2. The first kappa shape index (κ1) is 10.6. The maximum Gasteiger partial charge on any atom is 0.206 e.